The van der Waals surface area contributed by atoms with Gasteiger partial charge in [0.1, 0.15) is 12.4 Å². The van der Waals surface area contributed by atoms with Gasteiger partial charge in [0.2, 0.25) is 11.8 Å². The van der Waals surface area contributed by atoms with Crippen LogP contribution in [0.2, 0.25) is 0 Å². The van der Waals surface area contributed by atoms with Gasteiger partial charge in [0, 0.05) is 36.0 Å². The van der Waals surface area contributed by atoms with Crippen LogP contribution in [-0.4, -0.2) is 58.6 Å². The monoisotopic (exact) mass is 600 g/mol. The molecule has 3 heterocycles. The maximum absolute atomic E-state index is 12.9. The number of benzene rings is 2. The Morgan fingerprint density at radius 3 is 2.70 bits per heavy atom. The maximum atomic E-state index is 12.9. The van der Waals surface area contributed by atoms with E-state index in [4.69, 9.17) is 18.0 Å². The topological polar surface area (TPSA) is 161 Å². The molecule has 226 valence electrons. The molecule has 6 rings (SSSR count). The summed E-state index contributed by atoms with van der Waals surface area (Å²) in [4.78, 5) is 44.2. The zero-order valence-electron chi connectivity index (χ0n) is 26.8. The van der Waals surface area contributed by atoms with Crippen LogP contribution in [0.1, 0.15) is 44.5 Å². The molecule has 0 atom stereocenters. The minimum Gasteiger partial charge on any atom is -0.494 e. The summed E-state index contributed by atoms with van der Waals surface area (Å²) < 4.78 is 39.7. The molecule has 0 radical (unpaired) electrons. The molecule has 1 saturated carbocycles. The van der Waals surface area contributed by atoms with Crippen LogP contribution in [0.25, 0.3) is 11.5 Å². The number of fused-ring (bicyclic) bond motifs is 1. The Labute approximate surface area is 257 Å². The number of amides is 3. The largest absolute Gasteiger partial charge is 0.494 e. The summed E-state index contributed by atoms with van der Waals surface area (Å²) in [5.74, 6) is -0.183. The molecule has 4 aromatic rings. The summed E-state index contributed by atoms with van der Waals surface area (Å²) in [5.41, 5.74) is 2.17. The number of hydrogen-bond donors (Lipinski definition) is 3. The molecular formula is C31H31N7O6. The number of methoxy groups -OCH3 is 1. The molecule has 0 bridgehead atoms. The Morgan fingerprint density at radius 2 is 1.93 bits per heavy atom. The molecule has 3 N–H and O–H groups in total. The molecule has 1 aliphatic carbocycles. The second kappa shape index (κ2) is 12.4. The van der Waals surface area contributed by atoms with Crippen LogP contribution in [-0.2, 0) is 29.1 Å². The standard InChI is InChI=1S/C31H31N7O6/c1-32-29(40)26-23(15-25(36-37-26)35-28(39)19-11-12-19)33-22-10-6-9-20(27(22)42-2)30-34-21-13-14-38(16-24(21)44-30)31(41)43-17-18-7-4-3-5-8-18/h3-10,15,19H,11-14,16-17H2,1-2H3,(H,32,40)(H2,33,35,36,39)/i1D3. The summed E-state index contributed by atoms with van der Waals surface area (Å²) in [6.07, 6.45) is 1.54. The van der Waals surface area contributed by atoms with Crippen molar-refractivity contribution in [1.29, 1.82) is 0 Å². The van der Waals surface area contributed by atoms with E-state index >= 15 is 0 Å². The Bertz CT molecular complexity index is 1810. The van der Waals surface area contributed by atoms with Gasteiger partial charge in [-0.15, -0.1) is 10.2 Å². The van der Waals surface area contributed by atoms with Crippen LogP contribution in [0.15, 0.2) is 59.0 Å². The number of aromatic nitrogens is 3. The van der Waals surface area contributed by atoms with E-state index in [1.807, 2.05) is 35.6 Å². The fourth-order valence-electron chi connectivity index (χ4n) is 4.79. The second-order valence-corrected chi connectivity index (χ2v) is 10.3. The molecule has 2 aromatic heterocycles. The van der Waals surface area contributed by atoms with Gasteiger partial charge in [0.25, 0.3) is 5.91 Å². The molecule has 0 unspecified atom stereocenters. The Balaban J connectivity index is 1.24. The van der Waals surface area contributed by atoms with Crippen LogP contribution < -0.4 is 20.7 Å². The van der Waals surface area contributed by atoms with Gasteiger partial charge in [-0.3, -0.25) is 9.59 Å². The van der Waals surface area contributed by atoms with Crippen molar-refractivity contribution in [2.75, 3.05) is 31.3 Å². The summed E-state index contributed by atoms with van der Waals surface area (Å²) in [6.45, 7) is -2.04. The molecule has 3 amide bonds. The lowest BCUT2D eigenvalue weighted by Gasteiger charge is -2.24. The fourth-order valence-corrected chi connectivity index (χ4v) is 4.79. The van der Waals surface area contributed by atoms with Gasteiger partial charge in [-0.25, -0.2) is 9.78 Å². The third kappa shape index (κ3) is 6.16. The Morgan fingerprint density at radius 1 is 1.09 bits per heavy atom. The molecular weight excluding hydrogens is 566 g/mol. The van der Waals surface area contributed by atoms with Crippen molar-refractivity contribution in [1.82, 2.24) is 25.4 Å². The van der Waals surface area contributed by atoms with Gasteiger partial charge in [0.05, 0.1) is 36.3 Å². The molecule has 13 heteroatoms. The number of carbonyl (C=O) groups is 3. The Hall–Kier alpha value is -5.46. The molecule has 0 spiro atoms. The number of nitrogens with one attached hydrogen (secondary N) is 3. The van der Waals surface area contributed by atoms with Gasteiger partial charge < -0.3 is 34.7 Å². The molecule has 2 aromatic carbocycles. The summed E-state index contributed by atoms with van der Waals surface area (Å²) >= 11 is 0. The summed E-state index contributed by atoms with van der Waals surface area (Å²) in [5, 5.41) is 15.5. The fraction of sp³-hybridized carbons (Fsp3) is 0.290. The highest BCUT2D eigenvalue weighted by atomic mass is 16.6. The van der Waals surface area contributed by atoms with E-state index < -0.39 is 19.0 Å². The average molecular weight is 601 g/mol. The predicted octanol–water partition coefficient (Wildman–Crippen LogP) is 4.29. The number of ether oxygens (including phenoxy) is 2. The quantitative estimate of drug-likeness (QED) is 0.253. The highest BCUT2D eigenvalue weighted by molar-refractivity contribution is 6.00. The van der Waals surface area contributed by atoms with Crippen LogP contribution >= 0.6 is 0 Å². The van der Waals surface area contributed by atoms with Crippen LogP contribution in [0.3, 0.4) is 0 Å². The number of hydrogen-bond acceptors (Lipinski definition) is 10. The SMILES string of the molecule is [2H]C([2H])([2H])NC(=O)c1nnc(NC(=O)C2CC2)cc1Nc1cccc(-c2nc3c(o2)CN(C(=O)OCc2ccccc2)CC3)c1OC. The molecule has 13 nitrogen and oxygen atoms in total. The molecule has 1 fully saturated rings. The summed E-state index contributed by atoms with van der Waals surface area (Å²) in [7, 11) is 1.45. The van der Waals surface area contributed by atoms with Gasteiger partial charge in [-0.05, 0) is 30.5 Å². The average Bonchev–Trinajstić information content (AvgIpc) is 3.82. The number of nitrogens with zero attached hydrogens (tertiary/aromatic N) is 4. The van der Waals surface area contributed by atoms with E-state index in [1.165, 1.54) is 13.2 Å². The molecule has 1 aliphatic heterocycles. The van der Waals surface area contributed by atoms with Gasteiger partial charge in [0.15, 0.2) is 17.3 Å². The lowest BCUT2D eigenvalue weighted by atomic mass is 10.1. The van der Waals surface area contributed by atoms with E-state index in [9.17, 15) is 14.4 Å². The zero-order chi connectivity index (χ0) is 33.1. The first-order chi connectivity index (χ1) is 22.6. The third-order valence-electron chi connectivity index (χ3n) is 7.24. The normalized spacial score (nSPS) is 15.2. The first kappa shape index (κ1) is 25.1. The number of rotatable bonds is 9. The van der Waals surface area contributed by atoms with E-state index in [2.05, 4.69) is 25.8 Å². The number of anilines is 3. The number of para-hydroxylation sites is 1. The van der Waals surface area contributed by atoms with Crippen molar-refractivity contribution in [2.45, 2.75) is 32.4 Å². The van der Waals surface area contributed by atoms with Crippen molar-refractivity contribution < 1.29 is 32.4 Å². The van der Waals surface area contributed by atoms with E-state index in [1.54, 1.807) is 23.1 Å². The van der Waals surface area contributed by atoms with Crippen LogP contribution in [0.4, 0.5) is 22.0 Å². The minimum atomic E-state index is -2.77. The van der Waals surface area contributed by atoms with E-state index in [-0.39, 0.29) is 48.1 Å². The third-order valence-corrected chi connectivity index (χ3v) is 7.24. The number of carbonyl (C=O) groups excluding carboxylic acids is 3. The summed E-state index contributed by atoms with van der Waals surface area (Å²) in [6, 6.07) is 15.9. The van der Waals surface area contributed by atoms with Gasteiger partial charge in [-0.1, -0.05) is 36.4 Å². The zero-order valence-corrected chi connectivity index (χ0v) is 23.8. The lowest BCUT2D eigenvalue weighted by Crippen LogP contribution is -2.36. The first-order valence-electron chi connectivity index (χ1n) is 15.5. The highest BCUT2D eigenvalue weighted by Crippen LogP contribution is 2.39. The first-order valence-corrected chi connectivity index (χ1v) is 14.0. The Kier molecular flexibility index (Phi) is 7.08. The van der Waals surface area contributed by atoms with Crippen molar-refractivity contribution >= 4 is 35.1 Å². The highest BCUT2D eigenvalue weighted by Gasteiger charge is 2.31. The van der Waals surface area contributed by atoms with E-state index in [0.29, 0.717) is 41.4 Å². The maximum Gasteiger partial charge on any atom is 0.410 e. The smallest absolute Gasteiger partial charge is 0.410 e. The van der Waals surface area contributed by atoms with Crippen LogP contribution in [0.5, 0.6) is 5.75 Å². The molecule has 44 heavy (non-hydrogen) atoms. The van der Waals surface area contributed by atoms with Crippen molar-refractivity contribution in [2.24, 2.45) is 5.92 Å². The predicted molar refractivity (Wildman–Crippen MR) is 159 cm³/mol. The minimum absolute atomic E-state index is 0.0691. The lowest BCUT2D eigenvalue weighted by molar-refractivity contribution is -0.117. The van der Waals surface area contributed by atoms with Gasteiger partial charge >= 0.3 is 6.09 Å². The van der Waals surface area contributed by atoms with Crippen molar-refractivity contribution in [3.63, 3.8) is 0 Å². The van der Waals surface area contributed by atoms with Gasteiger partial charge in [-0.2, -0.15) is 0 Å². The second-order valence-electron chi connectivity index (χ2n) is 10.3. The van der Waals surface area contributed by atoms with Crippen LogP contribution in [0, 0.1) is 5.92 Å². The molecule has 0 saturated heterocycles. The molecule has 2 aliphatic rings. The van der Waals surface area contributed by atoms with Crippen molar-refractivity contribution in [3.8, 4) is 17.2 Å². The van der Waals surface area contributed by atoms with E-state index in [0.717, 1.165) is 18.4 Å². The van der Waals surface area contributed by atoms with Crippen molar-refractivity contribution in [3.05, 3.63) is 77.3 Å². The number of oxazole rings is 1.